The molecule has 8 nitrogen and oxygen atoms in total. The lowest BCUT2D eigenvalue weighted by molar-refractivity contribution is -0.138. The van der Waals surface area contributed by atoms with Crippen molar-refractivity contribution in [2.45, 2.75) is 18.9 Å². The predicted octanol–water partition coefficient (Wildman–Crippen LogP) is 3.69. The number of anilines is 1. The highest BCUT2D eigenvalue weighted by atomic mass is 35.5. The van der Waals surface area contributed by atoms with Gasteiger partial charge in [-0.15, -0.1) is 11.3 Å². The van der Waals surface area contributed by atoms with Crippen molar-refractivity contribution >= 4 is 34.7 Å². The molecule has 0 fully saturated rings. The zero-order valence-corrected chi connectivity index (χ0v) is 16.6. The molecule has 3 N–H and O–H groups in total. The van der Waals surface area contributed by atoms with E-state index in [9.17, 15) is 9.90 Å². The van der Waals surface area contributed by atoms with Crippen LogP contribution in [0.15, 0.2) is 53.6 Å². The fourth-order valence-corrected chi connectivity index (χ4v) is 3.88. The van der Waals surface area contributed by atoms with Gasteiger partial charge in [-0.1, -0.05) is 22.8 Å². The topological polar surface area (TPSA) is 120 Å². The van der Waals surface area contributed by atoms with Gasteiger partial charge in [-0.3, -0.25) is 4.79 Å². The van der Waals surface area contributed by atoms with Crippen LogP contribution in [-0.4, -0.2) is 30.8 Å². The van der Waals surface area contributed by atoms with E-state index in [4.69, 9.17) is 21.9 Å². The Balaban J connectivity index is 1.48. The third-order valence-electron chi connectivity index (χ3n) is 4.32. The number of aliphatic carboxylic acids is 1. The summed E-state index contributed by atoms with van der Waals surface area (Å²) in [6, 6.07) is 8.92. The molecule has 4 aromatic heterocycles. The maximum Gasteiger partial charge on any atom is 0.312 e. The van der Waals surface area contributed by atoms with Crippen LogP contribution >= 0.6 is 22.9 Å². The number of carboxylic acids is 1. The molecule has 0 spiro atoms. The number of aromatic nitrogens is 4. The van der Waals surface area contributed by atoms with Crippen LogP contribution in [0, 0.1) is 0 Å². The van der Waals surface area contributed by atoms with Crippen LogP contribution in [0.5, 0.6) is 0 Å². The number of carbonyl (C=O) groups is 1. The number of rotatable bonds is 7. The van der Waals surface area contributed by atoms with Crippen LogP contribution in [-0.2, 0) is 17.8 Å². The van der Waals surface area contributed by atoms with Gasteiger partial charge >= 0.3 is 5.97 Å². The van der Waals surface area contributed by atoms with E-state index >= 15 is 0 Å². The molecule has 0 amide bonds. The molecule has 4 rings (SSSR count). The lowest BCUT2D eigenvalue weighted by Gasteiger charge is -2.09. The zero-order valence-electron chi connectivity index (χ0n) is 15.0. The normalized spacial score (nSPS) is 12.2. The van der Waals surface area contributed by atoms with Gasteiger partial charge in [-0.25, -0.2) is 9.97 Å². The van der Waals surface area contributed by atoms with Crippen molar-refractivity contribution in [2.75, 3.05) is 5.73 Å². The first-order chi connectivity index (χ1) is 14.0. The first kappa shape index (κ1) is 19.2. The molecule has 4 aromatic rings. The Labute approximate surface area is 174 Å². The van der Waals surface area contributed by atoms with Crippen molar-refractivity contribution in [1.82, 2.24) is 19.7 Å². The minimum atomic E-state index is -0.953. The van der Waals surface area contributed by atoms with Crippen LogP contribution in [0.4, 0.5) is 5.82 Å². The fraction of sp³-hybridized carbons (Fsp3) is 0.158. The summed E-state index contributed by atoms with van der Waals surface area (Å²) >= 11 is 7.36. The molecule has 29 heavy (non-hydrogen) atoms. The number of nitrogen functional groups attached to an aromatic ring is 1. The zero-order chi connectivity index (χ0) is 20.4. The second-order valence-corrected chi connectivity index (χ2v) is 8.16. The molecule has 0 aromatic carbocycles. The Bertz CT molecular complexity index is 1130. The number of nitrogens with zero attached hydrogens (tertiary/aromatic N) is 4. The van der Waals surface area contributed by atoms with Gasteiger partial charge in [0.2, 0.25) is 0 Å². The van der Waals surface area contributed by atoms with Crippen molar-refractivity contribution in [3.63, 3.8) is 0 Å². The Hall–Kier alpha value is -3.17. The van der Waals surface area contributed by atoms with Gasteiger partial charge in [0.25, 0.3) is 0 Å². The third-order valence-corrected chi connectivity index (χ3v) is 5.56. The largest absolute Gasteiger partial charge is 0.481 e. The number of thiophene rings is 1. The van der Waals surface area contributed by atoms with E-state index in [1.165, 1.54) is 11.3 Å². The minimum Gasteiger partial charge on any atom is -0.481 e. The second-order valence-electron chi connectivity index (χ2n) is 6.44. The SMILES string of the molecule is Nc1ccc(C[C@@H](C(=O)O)c2cn(Cc3cc(-c4ccc(Cl)s4)on3)cn2)cn1. The van der Waals surface area contributed by atoms with E-state index in [1.807, 2.05) is 12.1 Å². The van der Waals surface area contributed by atoms with Gasteiger partial charge in [-0.05, 0) is 30.2 Å². The van der Waals surface area contributed by atoms with Crippen LogP contribution in [0.2, 0.25) is 4.34 Å². The number of nitrogens with two attached hydrogens (primary N) is 1. The molecule has 0 saturated carbocycles. The van der Waals surface area contributed by atoms with Gasteiger partial charge in [0.15, 0.2) is 5.76 Å². The van der Waals surface area contributed by atoms with Crippen molar-refractivity contribution in [2.24, 2.45) is 0 Å². The van der Waals surface area contributed by atoms with Gasteiger partial charge in [-0.2, -0.15) is 0 Å². The highest BCUT2D eigenvalue weighted by Crippen LogP contribution is 2.31. The molecule has 0 radical (unpaired) electrons. The number of imidazole rings is 1. The highest BCUT2D eigenvalue weighted by Gasteiger charge is 2.23. The Kier molecular flexibility index (Phi) is 5.32. The molecular formula is C19H16ClN5O3S. The summed E-state index contributed by atoms with van der Waals surface area (Å²) in [6.07, 6.45) is 5.14. The Morgan fingerprint density at radius 1 is 1.31 bits per heavy atom. The maximum absolute atomic E-state index is 11.8. The van der Waals surface area contributed by atoms with Crippen molar-refractivity contribution < 1.29 is 14.4 Å². The van der Waals surface area contributed by atoms with E-state index in [-0.39, 0.29) is 6.42 Å². The fourth-order valence-electron chi connectivity index (χ4n) is 2.89. The third kappa shape index (κ3) is 4.47. The van der Waals surface area contributed by atoms with Gasteiger partial charge in [0.05, 0.1) is 27.8 Å². The lowest BCUT2D eigenvalue weighted by Crippen LogP contribution is -2.15. The minimum absolute atomic E-state index is 0.271. The van der Waals surface area contributed by atoms with Crippen molar-refractivity contribution in [1.29, 1.82) is 0 Å². The number of carboxylic acid groups (broad SMARTS) is 1. The highest BCUT2D eigenvalue weighted by molar-refractivity contribution is 7.19. The quantitative estimate of drug-likeness (QED) is 0.459. The molecule has 0 saturated heterocycles. The standard InChI is InChI=1S/C19H16ClN5O3S/c20-17-3-2-16(29-17)15-6-12(24-28-15)8-25-9-14(23-10-25)13(19(26)27)5-11-1-4-18(21)22-7-11/h1-4,6-7,9-10,13H,5,8H2,(H2,21,22)(H,26,27)/t13-/m1/s1. The summed E-state index contributed by atoms with van der Waals surface area (Å²) in [5.74, 6) is -0.716. The monoisotopic (exact) mass is 429 g/mol. The number of halogens is 1. The summed E-state index contributed by atoms with van der Waals surface area (Å²) in [5, 5.41) is 13.7. The van der Waals surface area contributed by atoms with E-state index < -0.39 is 11.9 Å². The summed E-state index contributed by atoms with van der Waals surface area (Å²) in [6.45, 7) is 0.408. The molecule has 148 valence electrons. The van der Waals surface area contributed by atoms with Gasteiger partial charge in [0, 0.05) is 18.5 Å². The average Bonchev–Trinajstić information content (AvgIpc) is 3.43. The first-order valence-corrected chi connectivity index (χ1v) is 9.83. The second kappa shape index (κ2) is 8.06. The van der Waals surface area contributed by atoms with E-state index in [1.54, 1.807) is 41.5 Å². The van der Waals surface area contributed by atoms with Crippen LogP contribution in [0.25, 0.3) is 10.6 Å². The van der Waals surface area contributed by atoms with Crippen LogP contribution in [0.3, 0.4) is 0 Å². The van der Waals surface area contributed by atoms with Gasteiger partial charge < -0.3 is 19.9 Å². The Morgan fingerprint density at radius 2 is 2.17 bits per heavy atom. The molecule has 0 aliphatic heterocycles. The molecule has 0 unspecified atom stereocenters. The van der Waals surface area contributed by atoms with E-state index in [0.29, 0.717) is 33.8 Å². The smallest absolute Gasteiger partial charge is 0.312 e. The summed E-state index contributed by atoms with van der Waals surface area (Å²) in [7, 11) is 0. The van der Waals surface area contributed by atoms with Crippen molar-refractivity contribution in [3.05, 3.63) is 70.3 Å². The lowest BCUT2D eigenvalue weighted by atomic mass is 9.98. The Morgan fingerprint density at radius 3 is 2.86 bits per heavy atom. The van der Waals surface area contributed by atoms with Gasteiger partial charge in [0.1, 0.15) is 17.4 Å². The summed E-state index contributed by atoms with van der Waals surface area (Å²) in [4.78, 5) is 20.9. The molecule has 10 heteroatoms. The average molecular weight is 430 g/mol. The molecule has 0 aliphatic carbocycles. The molecule has 1 atom stereocenters. The molecular weight excluding hydrogens is 414 g/mol. The summed E-state index contributed by atoms with van der Waals surface area (Å²) in [5.41, 5.74) is 7.52. The van der Waals surface area contributed by atoms with Crippen molar-refractivity contribution in [3.8, 4) is 10.6 Å². The molecule has 4 heterocycles. The maximum atomic E-state index is 11.8. The first-order valence-electron chi connectivity index (χ1n) is 8.64. The van der Waals surface area contributed by atoms with Crippen LogP contribution in [0.1, 0.15) is 22.9 Å². The molecule has 0 aliphatic rings. The number of hydrogen-bond donors (Lipinski definition) is 2. The number of pyridine rings is 1. The summed E-state index contributed by atoms with van der Waals surface area (Å²) < 4.78 is 7.82. The molecule has 0 bridgehead atoms. The van der Waals surface area contributed by atoms with E-state index in [2.05, 4.69) is 15.1 Å². The van der Waals surface area contributed by atoms with E-state index in [0.717, 1.165) is 10.4 Å². The predicted molar refractivity (Wildman–Crippen MR) is 109 cm³/mol. The van der Waals surface area contributed by atoms with Crippen LogP contribution < -0.4 is 5.73 Å². The number of hydrogen-bond acceptors (Lipinski definition) is 7.